The van der Waals surface area contributed by atoms with Gasteiger partial charge >= 0.3 is 0 Å². The Labute approximate surface area is 195 Å². The van der Waals surface area contributed by atoms with E-state index in [9.17, 15) is 14.4 Å². The third-order valence-corrected chi connectivity index (χ3v) is 5.91. The van der Waals surface area contributed by atoms with E-state index < -0.39 is 11.2 Å². The van der Waals surface area contributed by atoms with E-state index in [0.717, 1.165) is 10.5 Å². The maximum Gasteiger partial charge on any atom is 0.250 e. The van der Waals surface area contributed by atoms with E-state index in [1.54, 1.807) is 55.5 Å². The Hall–Kier alpha value is -3.29. The highest BCUT2D eigenvalue weighted by molar-refractivity contribution is 8.00. The average Bonchev–Trinajstić information content (AvgIpc) is 2.77. The Morgan fingerprint density at radius 2 is 1.59 bits per heavy atom. The molecule has 0 bridgehead atoms. The molecule has 0 aliphatic rings. The molecule has 0 aliphatic heterocycles. The monoisotopic (exact) mass is 467 g/mol. The fraction of sp³-hybridized carbons (Fsp3) is 0.125. The van der Waals surface area contributed by atoms with E-state index in [0.29, 0.717) is 16.4 Å². The standard InChI is InChI=1S/C24H22ClN3O3S/c1-15(24(31)28-21-5-3-2-4-20(21)23(26)30)32-19-12-10-18(11-13-19)27-22(29)14-16-6-8-17(25)9-7-16/h2-13,15H,14H2,1H3,(H2,26,30)(H,27,29)(H,28,31). The number of halogens is 1. The van der Waals surface area contributed by atoms with Crippen molar-refractivity contribution < 1.29 is 14.4 Å². The molecule has 3 amide bonds. The molecule has 3 aromatic rings. The summed E-state index contributed by atoms with van der Waals surface area (Å²) in [7, 11) is 0. The van der Waals surface area contributed by atoms with E-state index in [4.69, 9.17) is 17.3 Å². The van der Waals surface area contributed by atoms with E-state index in [2.05, 4.69) is 10.6 Å². The molecular weight excluding hydrogens is 446 g/mol. The van der Waals surface area contributed by atoms with Crippen LogP contribution in [0, 0.1) is 0 Å². The van der Waals surface area contributed by atoms with Crippen LogP contribution in [0.25, 0.3) is 0 Å². The minimum absolute atomic E-state index is 0.131. The predicted molar refractivity (Wildman–Crippen MR) is 129 cm³/mol. The third-order valence-electron chi connectivity index (χ3n) is 4.55. The van der Waals surface area contributed by atoms with Crippen molar-refractivity contribution in [3.63, 3.8) is 0 Å². The Balaban J connectivity index is 1.54. The molecule has 0 fully saturated rings. The molecule has 0 aromatic heterocycles. The zero-order valence-electron chi connectivity index (χ0n) is 17.3. The van der Waals surface area contributed by atoms with Crippen LogP contribution in [0.5, 0.6) is 0 Å². The molecule has 4 N–H and O–H groups in total. The highest BCUT2D eigenvalue weighted by Crippen LogP contribution is 2.26. The first-order valence-corrected chi connectivity index (χ1v) is 11.1. The lowest BCUT2D eigenvalue weighted by molar-refractivity contribution is -0.116. The van der Waals surface area contributed by atoms with Crippen molar-refractivity contribution >= 4 is 52.5 Å². The molecule has 3 rings (SSSR count). The number of rotatable bonds is 8. The van der Waals surface area contributed by atoms with Crippen LogP contribution in [0.15, 0.2) is 77.7 Å². The van der Waals surface area contributed by atoms with Crippen molar-refractivity contribution in [1.82, 2.24) is 0 Å². The zero-order chi connectivity index (χ0) is 23.1. The normalized spacial score (nSPS) is 11.4. The van der Waals surface area contributed by atoms with Gasteiger partial charge in [-0.15, -0.1) is 11.8 Å². The molecule has 32 heavy (non-hydrogen) atoms. The van der Waals surface area contributed by atoms with Gasteiger partial charge in [0.15, 0.2) is 0 Å². The number of anilines is 2. The number of nitrogens with one attached hydrogen (secondary N) is 2. The van der Waals surface area contributed by atoms with Gasteiger partial charge in [-0.05, 0) is 61.0 Å². The molecule has 0 saturated heterocycles. The van der Waals surface area contributed by atoms with E-state index in [1.807, 2.05) is 24.3 Å². The van der Waals surface area contributed by atoms with Crippen LogP contribution in [0.1, 0.15) is 22.8 Å². The number of nitrogens with two attached hydrogens (primary N) is 1. The summed E-state index contributed by atoms with van der Waals surface area (Å²) in [5, 5.41) is 5.82. The van der Waals surface area contributed by atoms with Crippen molar-refractivity contribution in [1.29, 1.82) is 0 Å². The summed E-state index contributed by atoms with van der Waals surface area (Å²) in [5.74, 6) is -0.979. The summed E-state index contributed by atoms with van der Waals surface area (Å²) in [6.07, 6.45) is 0.248. The average molecular weight is 468 g/mol. The molecule has 3 aromatic carbocycles. The van der Waals surface area contributed by atoms with Gasteiger partial charge in [0.2, 0.25) is 11.8 Å². The largest absolute Gasteiger partial charge is 0.366 e. The summed E-state index contributed by atoms with van der Waals surface area (Å²) in [6.45, 7) is 1.77. The minimum Gasteiger partial charge on any atom is -0.366 e. The Bertz CT molecular complexity index is 1120. The quantitative estimate of drug-likeness (QED) is 0.416. The fourth-order valence-corrected chi connectivity index (χ4v) is 3.90. The van der Waals surface area contributed by atoms with E-state index >= 15 is 0 Å². The molecule has 0 aliphatic carbocycles. The lowest BCUT2D eigenvalue weighted by atomic mass is 10.1. The van der Waals surface area contributed by atoms with Crippen LogP contribution < -0.4 is 16.4 Å². The van der Waals surface area contributed by atoms with Crippen molar-refractivity contribution in [3.05, 3.63) is 88.9 Å². The molecule has 8 heteroatoms. The number of carbonyl (C=O) groups is 3. The Morgan fingerprint density at radius 3 is 2.25 bits per heavy atom. The van der Waals surface area contributed by atoms with Gasteiger partial charge in [0.25, 0.3) is 5.91 Å². The lowest BCUT2D eigenvalue weighted by Gasteiger charge is -2.14. The van der Waals surface area contributed by atoms with E-state index in [1.165, 1.54) is 11.8 Å². The second kappa shape index (κ2) is 10.8. The number of thioether (sulfide) groups is 1. The van der Waals surface area contributed by atoms with Gasteiger partial charge in [-0.1, -0.05) is 35.9 Å². The van der Waals surface area contributed by atoms with Crippen LogP contribution in [0.4, 0.5) is 11.4 Å². The van der Waals surface area contributed by atoms with Crippen LogP contribution >= 0.6 is 23.4 Å². The molecule has 0 spiro atoms. The second-order valence-corrected chi connectivity index (χ2v) is 8.89. The van der Waals surface area contributed by atoms with E-state index in [-0.39, 0.29) is 23.8 Å². The number of hydrogen-bond donors (Lipinski definition) is 3. The molecular formula is C24H22ClN3O3S. The number of hydrogen-bond acceptors (Lipinski definition) is 4. The van der Waals surface area contributed by atoms with Crippen molar-refractivity contribution in [2.24, 2.45) is 5.73 Å². The van der Waals surface area contributed by atoms with Crippen LogP contribution in [0.2, 0.25) is 5.02 Å². The van der Waals surface area contributed by atoms with Gasteiger partial charge in [-0.25, -0.2) is 0 Å². The molecule has 164 valence electrons. The number of carbonyl (C=O) groups excluding carboxylic acids is 3. The maximum atomic E-state index is 12.5. The number of benzene rings is 3. The smallest absolute Gasteiger partial charge is 0.250 e. The van der Waals surface area contributed by atoms with Crippen LogP contribution in [-0.4, -0.2) is 23.0 Å². The summed E-state index contributed by atoms with van der Waals surface area (Å²) in [5.41, 5.74) is 7.54. The lowest BCUT2D eigenvalue weighted by Crippen LogP contribution is -2.24. The van der Waals surface area contributed by atoms with Gasteiger partial charge in [-0.2, -0.15) is 0 Å². The molecule has 0 saturated carbocycles. The van der Waals surface area contributed by atoms with Crippen molar-refractivity contribution in [2.75, 3.05) is 10.6 Å². The number of amides is 3. The highest BCUT2D eigenvalue weighted by atomic mass is 35.5. The van der Waals surface area contributed by atoms with Gasteiger partial charge < -0.3 is 16.4 Å². The Kier molecular flexibility index (Phi) is 7.92. The summed E-state index contributed by atoms with van der Waals surface area (Å²) < 4.78 is 0. The predicted octanol–water partition coefficient (Wildman–Crippen LogP) is 4.74. The molecule has 0 radical (unpaired) electrons. The summed E-state index contributed by atoms with van der Waals surface area (Å²) in [4.78, 5) is 37.2. The fourth-order valence-electron chi connectivity index (χ4n) is 2.91. The first kappa shape index (κ1) is 23.4. The topological polar surface area (TPSA) is 101 Å². The molecule has 6 nitrogen and oxygen atoms in total. The first-order valence-electron chi connectivity index (χ1n) is 9.82. The van der Waals surface area contributed by atoms with Gasteiger partial charge in [0, 0.05) is 15.6 Å². The molecule has 0 heterocycles. The number of para-hydroxylation sites is 1. The van der Waals surface area contributed by atoms with Crippen LogP contribution in [0.3, 0.4) is 0 Å². The first-order chi connectivity index (χ1) is 15.3. The molecule has 1 atom stereocenters. The third kappa shape index (κ3) is 6.60. The summed E-state index contributed by atoms with van der Waals surface area (Å²) in [6, 6.07) is 21.0. The highest BCUT2D eigenvalue weighted by Gasteiger charge is 2.17. The van der Waals surface area contributed by atoms with Crippen molar-refractivity contribution in [3.8, 4) is 0 Å². The zero-order valence-corrected chi connectivity index (χ0v) is 18.9. The maximum absolute atomic E-state index is 12.5. The van der Waals surface area contributed by atoms with Gasteiger partial charge in [0.05, 0.1) is 22.9 Å². The molecule has 1 unspecified atom stereocenters. The van der Waals surface area contributed by atoms with Crippen molar-refractivity contribution in [2.45, 2.75) is 23.5 Å². The minimum atomic E-state index is -0.602. The van der Waals surface area contributed by atoms with Gasteiger partial charge in [-0.3, -0.25) is 14.4 Å². The number of primary amides is 1. The second-order valence-electron chi connectivity index (χ2n) is 7.03. The van der Waals surface area contributed by atoms with Gasteiger partial charge in [0.1, 0.15) is 0 Å². The Morgan fingerprint density at radius 1 is 0.938 bits per heavy atom. The van der Waals surface area contributed by atoms with Crippen LogP contribution in [-0.2, 0) is 16.0 Å². The SMILES string of the molecule is CC(Sc1ccc(NC(=O)Cc2ccc(Cl)cc2)cc1)C(=O)Nc1ccccc1C(N)=O. The summed E-state index contributed by atoms with van der Waals surface area (Å²) >= 11 is 7.23.